The monoisotopic (exact) mass is 457 g/mol. The van der Waals surface area contributed by atoms with Crippen molar-refractivity contribution in [2.75, 3.05) is 5.32 Å². The molecule has 0 saturated heterocycles. The van der Waals surface area contributed by atoms with Gasteiger partial charge in [-0.2, -0.15) is 0 Å². The van der Waals surface area contributed by atoms with Crippen molar-refractivity contribution in [3.63, 3.8) is 0 Å². The summed E-state index contributed by atoms with van der Waals surface area (Å²) in [4.78, 5) is 23.2. The van der Waals surface area contributed by atoms with E-state index in [0.717, 1.165) is 10.9 Å². The molecule has 1 N–H and O–H groups in total. The minimum Gasteiger partial charge on any atom is -0.484 e. The van der Waals surface area contributed by atoms with E-state index in [2.05, 4.69) is 15.5 Å². The lowest BCUT2D eigenvalue weighted by Gasteiger charge is -2.06. The standard InChI is InChI=1S/C21H16ClN3O5S/c1-12(26)23-15-4-7-17-13(8-20(27)29-18(17)9-15)11-31-21-25-24-19(30-21)10-28-16-5-2-14(22)3-6-16/h2-9H,10-11H2,1H3,(H,23,26). The van der Waals surface area contributed by atoms with E-state index < -0.39 is 5.63 Å². The number of carbonyl (C=O) groups is 1. The minimum absolute atomic E-state index is 0.124. The number of hydrogen-bond acceptors (Lipinski definition) is 8. The van der Waals surface area contributed by atoms with Gasteiger partial charge in [0.25, 0.3) is 11.1 Å². The summed E-state index contributed by atoms with van der Waals surface area (Å²) in [5, 5.41) is 12.4. The lowest BCUT2D eigenvalue weighted by molar-refractivity contribution is -0.114. The molecule has 4 aromatic rings. The molecule has 10 heteroatoms. The predicted octanol–water partition coefficient (Wildman–Crippen LogP) is 4.66. The first-order valence-corrected chi connectivity index (χ1v) is 10.5. The smallest absolute Gasteiger partial charge is 0.336 e. The second kappa shape index (κ2) is 9.23. The average molecular weight is 458 g/mol. The topological polar surface area (TPSA) is 107 Å². The first-order chi connectivity index (χ1) is 15.0. The molecular weight excluding hydrogens is 442 g/mol. The van der Waals surface area contributed by atoms with Crippen molar-refractivity contribution in [2.24, 2.45) is 0 Å². The number of rotatable bonds is 7. The van der Waals surface area contributed by atoms with Crippen molar-refractivity contribution < 1.29 is 18.4 Å². The van der Waals surface area contributed by atoms with Crippen molar-refractivity contribution in [2.45, 2.75) is 24.5 Å². The van der Waals surface area contributed by atoms with Crippen molar-refractivity contribution in [1.29, 1.82) is 0 Å². The van der Waals surface area contributed by atoms with Crippen LogP contribution in [0.4, 0.5) is 5.69 Å². The fourth-order valence-corrected chi connectivity index (χ4v) is 3.70. The second-order valence-corrected chi connectivity index (χ2v) is 7.84. The number of fused-ring (bicyclic) bond motifs is 1. The van der Waals surface area contributed by atoms with Crippen molar-refractivity contribution >= 4 is 45.9 Å². The third-order valence-electron chi connectivity index (χ3n) is 4.13. The summed E-state index contributed by atoms with van der Waals surface area (Å²) in [5.41, 5.74) is 1.21. The van der Waals surface area contributed by atoms with Gasteiger partial charge in [-0.05, 0) is 42.0 Å². The Morgan fingerprint density at radius 1 is 1.13 bits per heavy atom. The Labute approximate surface area is 185 Å². The summed E-state index contributed by atoms with van der Waals surface area (Å²) >= 11 is 7.14. The predicted molar refractivity (Wildman–Crippen MR) is 116 cm³/mol. The molecule has 0 aliphatic carbocycles. The van der Waals surface area contributed by atoms with Gasteiger partial charge >= 0.3 is 5.63 Å². The Morgan fingerprint density at radius 2 is 1.94 bits per heavy atom. The summed E-state index contributed by atoms with van der Waals surface area (Å²) in [5.74, 6) is 1.18. The molecule has 0 unspecified atom stereocenters. The minimum atomic E-state index is -0.481. The quantitative estimate of drug-likeness (QED) is 0.315. The Kier molecular flexibility index (Phi) is 6.24. The SMILES string of the molecule is CC(=O)Nc1ccc2c(CSc3nnc(COc4ccc(Cl)cc4)o3)cc(=O)oc2c1. The number of benzene rings is 2. The first-order valence-electron chi connectivity index (χ1n) is 9.14. The van der Waals surface area contributed by atoms with E-state index in [9.17, 15) is 9.59 Å². The highest BCUT2D eigenvalue weighted by Crippen LogP contribution is 2.27. The molecule has 0 aliphatic rings. The highest BCUT2D eigenvalue weighted by Gasteiger charge is 2.12. The number of halogens is 1. The van der Waals surface area contributed by atoms with E-state index in [1.807, 2.05) is 0 Å². The Bertz CT molecular complexity index is 1290. The second-order valence-electron chi connectivity index (χ2n) is 6.48. The number of ether oxygens (including phenoxy) is 1. The number of thioether (sulfide) groups is 1. The number of aromatic nitrogens is 2. The summed E-state index contributed by atoms with van der Waals surface area (Å²) in [7, 11) is 0. The third-order valence-corrected chi connectivity index (χ3v) is 5.25. The van der Waals surface area contributed by atoms with Crippen LogP contribution in [0.3, 0.4) is 0 Å². The molecule has 2 aromatic heterocycles. The van der Waals surface area contributed by atoms with Gasteiger partial charge in [0.1, 0.15) is 11.3 Å². The number of hydrogen-bond donors (Lipinski definition) is 1. The van der Waals surface area contributed by atoms with Crippen LogP contribution in [0.25, 0.3) is 11.0 Å². The van der Waals surface area contributed by atoms with Crippen LogP contribution in [-0.2, 0) is 17.2 Å². The molecule has 0 bridgehead atoms. The molecule has 0 atom stereocenters. The lowest BCUT2D eigenvalue weighted by Crippen LogP contribution is -2.06. The molecule has 1 amide bonds. The summed E-state index contributed by atoms with van der Waals surface area (Å²) in [6.07, 6.45) is 0. The van der Waals surface area contributed by atoms with Crippen LogP contribution in [0.2, 0.25) is 5.02 Å². The van der Waals surface area contributed by atoms with Crippen molar-refractivity contribution in [3.05, 3.63) is 75.4 Å². The highest BCUT2D eigenvalue weighted by molar-refractivity contribution is 7.98. The van der Waals surface area contributed by atoms with Crippen LogP contribution in [0.1, 0.15) is 18.4 Å². The number of amides is 1. The summed E-state index contributed by atoms with van der Waals surface area (Å²) < 4.78 is 16.5. The van der Waals surface area contributed by atoms with Gasteiger partial charge in [-0.15, -0.1) is 10.2 Å². The van der Waals surface area contributed by atoms with E-state index in [1.165, 1.54) is 24.8 Å². The van der Waals surface area contributed by atoms with Crippen molar-refractivity contribution in [3.8, 4) is 5.75 Å². The highest BCUT2D eigenvalue weighted by atomic mass is 35.5. The lowest BCUT2D eigenvalue weighted by atomic mass is 10.1. The van der Waals surface area contributed by atoms with Gasteiger partial charge in [-0.25, -0.2) is 4.79 Å². The maximum absolute atomic E-state index is 12.0. The van der Waals surface area contributed by atoms with Gasteiger partial charge in [-0.1, -0.05) is 23.4 Å². The van der Waals surface area contributed by atoms with Crippen LogP contribution < -0.4 is 15.7 Å². The van der Waals surface area contributed by atoms with E-state index in [1.54, 1.807) is 42.5 Å². The zero-order chi connectivity index (χ0) is 21.8. The number of nitrogens with zero attached hydrogens (tertiary/aromatic N) is 2. The largest absolute Gasteiger partial charge is 0.484 e. The van der Waals surface area contributed by atoms with Gasteiger partial charge in [0.2, 0.25) is 5.91 Å². The summed E-state index contributed by atoms with van der Waals surface area (Å²) in [6.45, 7) is 1.53. The fourth-order valence-electron chi connectivity index (χ4n) is 2.80. The van der Waals surface area contributed by atoms with Gasteiger partial charge in [-0.3, -0.25) is 4.79 Å². The van der Waals surface area contributed by atoms with E-state index >= 15 is 0 Å². The van der Waals surface area contributed by atoms with E-state index in [4.69, 9.17) is 25.2 Å². The maximum atomic E-state index is 12.0. The number of carbonyl (C=O) groups excluding carboxylic acids is 1. The molecule has 2 heterocycles. The molecule has 2 aromatic carbocycles. The molecular formula is C21H16ClN3O5S. The van der Waals surface area contributed by atoms with Gasteiger partial charge in [0, 0.05) is 40.9 Å². The molecule has 4 rings (SSSR count). The van der Waals surface area contributed by atoms with Gasteiger partial charge in [0.05, 0.1) is 0 Å². The average Bonchev–Trinajstić information content (AvgIpc) is 3.18. The first kappa shape index (κ1) is 21.0. The zero-order valence-corrected chi connectivity index (χ0v) is 17.8. The molecule has 8 nitrogen and oxygen atoms in total. The molecule has 158 valence electrons. The number of nitrogens with one attached hydrogen (secondary N) is 1. The summed E-state index contributed by atoms with van der Waals surface area (Å²) in [6, 6.07) is 13.5. The van der Waals surface area contributed by atoms with Crippen LogP contribution in [0.5, 0.6) is 5.75 Å². The molecule has 0 spiro atoms. The molecule has 31 heavy (non-hydrogen) atoms. The van der Waals surface area contributed by atoms with E-state index in [0.29, 0.717) is 38.9 Å². The Hall–Kier alpha value is -3.30. The molecule has 0 saturated carbocycles. The van der Waals surface area contributed by atoms with Crippen LogP contribution in [0.15, 0.2) is 67.4 Å². The zero-order valence-electron chi connectivity index (χ0n) is 16.3. The fraction of sp³-hybridized carbons (Fsp3) is 0.143. The van der Waals surface area contributed by atoms with Crippen LogP contribution in [0, 0.1) is 0 Å². The molecule has 0 aliphatic heterocycles. The number of anilines is 1. The molecule has 0 radical (unpaired) electrons. The maximum Gasteiger partial charge on any atom is 0.336 e. The van der Waals surface area contributed by atoms with Crippen molar-refractivity contribution in [1.82, 2.24) is 10.2 Å². The van der Waals surface area contributed by atoms with Crippen LogP contribution in [-0.4, -0.2) is 16.1 Å². The Balaban J connectivity index is 1.43. The van der Waals surface area contributed by atoms with Gasteiger partial charge in [0.15, 0.2) is 6.61 Å². The third kappa shape index (κ3) is 5.44. The normalized spacial score (nSPS) is 10.9. The molecule has 0 fully saturated rings. The van der Waals surface area contributed by atoms with E-state index in [-0.39, 0.29) is 12.5 Å². The van der Waals surface area contributed by atoms with Crippen LogP contribution >= 0.6 is 23.4 Å². The Morgan fingerprint density at radius 3 is 2.71 bits per heavy atom. The van der Waals surface area contributed by atoms with Gasteiger partial charge < -0.3 is 18.9 Å².